The molecular weight excluding hydrogens is 250 g/mol. The van der Waals surface area contributed by atoms with Gasteiger partial charge in [0.05, 0.1) is 17.5 Å². The van der Waals surface area contributed by atoms with Crippen molar-refractivity contribution in [1.29, 1.82) is 0 Å². The highest BCUT2D eigenvalue weighted by atomic mass is 32.2. The van der Waals surface area contributed by atoms with Crippen LogP contribution in [0.1, 0.15) is 49.4 Å². The van der Waals surface area contributed by atoms with E-state index in [2.05, 4.69) is 5.10 Å². The fraction of sp³-hybridized carbons (Fsp3) is 0.750. The van der Waals surface area contributed by atoms with Gasteiger partial charge in [-0.2, -0.15) is 5.10 Å². The summed E-state index contributed by atoms with van der Waals surface area (Å²) in [5, 5.41) is 4.41. The zero-order chi connectivity index (χ0) is 12.8. The normalized spacial score (nSPS) is 23.8. The molecule has 0 unspecified atom stereocenters. The van der Waals surface area contributed by atoms with E-state index in [0.717, 1.165) is 24.1 Å². The van der Waals surface area contributed by atoms with Gasteiger partial charge in [-0.05, 0) is 12.8 Å². The molecule has 0 amide bonds. The number of nitrogen functional groups attached to an aromatic ring is 1. The molecule has 1 aromatic heterocycles. The second-order valence-corrected chi connectivity index (χ2v) is 7.57. The molecule has 6 heteroatoms. The van der Waals surface area contributed by atoms with Gasteiger partial charge in [-0.3, -0.25) is 4.68 Å². The second kappa shape index (κ2) is 4.26. The van der Waals surface area contributed by atoms with Crippen molar-refractivity contribution >= 4 is 15.7 Å². The standard InChI is InChI=1S/C12H19N3O2S/c13-12-10-8-18(16,17)7-6-11(10)15(14-12)9-4-2-1-3-5-9/h9H,1-8H2,(H2,13,14). The molecule has 0 saturated heterocycles. The summed E-state index contributed by atoms with van der Waals surface area (Å²) < 4.78 is 25.3. The fourth-order valence-electron chi connectivity index (χ4n) is 3.12. The Balaban J connectivity index is 1.98. The van der Waals surface area contributed by atoms with Crippen LogP contribution in [0.4, 0.5) is 5.82 Å². The molecule has 0 atom stereocenters. The first-order valence-corrected chi connectivity index (χ1v) is 8.45. The van der Waals surface area contributed by atoms with Crippen molar-refractivity contribution < 1.29 is 8.42 Å². The number of hydrogen-bond acceptors (Lipinski definition) is 4. The van der Waals surface area contributed by atoms with E-state index in [9.17, 15) is 8.42 Å². The van der Waals surface area contributed by atoms with Gasteiger partial charge in [0, 0.05) is 17.7 Å². The number of anilines is 1. The van der Waals surface area contributed by atoms with E-state index < -0.39 is 9.84 Å². The van der Waals surface area contributed by atoms with Gasteiger partial charge in [0.25, 0.3) is 0 Å². The highest BCUT2D eigenvalue weighted by Crippen LogP contribution is 2.33. The molecule has 100 valence electrons. The number of rotatable bonds is 1. The molecule has 2 N–H and O–H groups in total. The summed E-state index contributed by atoms with van der Waals surface area (Å²) in [5.74, 6) is 0.720. The van der Waals surface area contributed by atoms with Gasteiger partial charge in [0.1, 0.15) is 5.82 Å². The Labute approximate surface area is 107 Å². The maximum Gasteiger partial charge on any atom is 0.155 e. The minimum atomic E-state index is -2.97. The van der Waals surface area contributed by atoms with Crippen LogP contribution in [0, 0.1) is 0 Å². The summed E-state index contributed by atoms with van der Waals surface area (Å²) >= 11 is 0. The van der Waals surface area contributed by atoms with Gasteiger partial charge in [-0.15, -0.1) is 0 Å². The first-order chi connectivity index (χ1) is 8.57. The molecular formula is C12H19N3O2S. The molecule has 1 fully saturated rings. The minimum absolute atomic E-state index is 0.0703. The van der Waals surface area contributed by atoms with E-state index >= 15 is 0 Å². The summed E-state index contributed by atoms with van der Waals surface area (Å²) in [6, 6.07) is 0.422. The Morgan fingerprint density at radius 3 is 2.67 bits per heavy atom. The van der Waals surface area contributed by atoms with Crippen molar-refractivity contribution in [1.82, 2.24) is 9.78 Å². The number of nitrogens with two attached hydrogens (primary N) is 1. The Morgan fingerprint density at radius 2 is 1.94 bits per heavy atom. The first-order valence-electron chi connectivity index (χ1n) is 6.63. The zero-order valence-electron chi connectivity index (χ0n) is 10.4. The summed E-state index contributed by atoms with van der Waals surface area (Å²) in [7, 11) is -2.97. The van der Waals surface area contributed by atoms with Crippen LogP contribution in [0.15, 0.2) is 0 Å². The lowest BCUT2D eigenvalue weighted by atomic mass is 9.95. The van der Waals surface area contributed by atoms with E-state index in [0.29, 0.717) is 18.3 Å². The number of sulfone groups is 1. The van der Waals surface area contributed by atoms with E-state index in [-0.39, 0.29) is 11.5 Å². The van der Waals surface area contributed by atoms with Gasteiger partial charge >= 0.3 is 0 Å². The zero-order valence-corrected chi connectivity index (χ0v) is 11.2. The Hall–Kier alpha value is -1.04. The van der Waals surface area contributed by atoms with Crippen molar-refractivity contribution in [2.24, 2.45) is 0 Å². The lowest BCUT2D eigenvalue weighted by Crippen LogP contribution is -2.23. The molecule has 3 rings (SSSR count). The molecule has 0 aromatic carbocycles. The highest BCUT2D eigenvalue weighted by molar-refractivity contribution is 7.90. The van der Waals surface area contributed by atoms with Crippen molar-refractivity contribution in [3.63, 3.8) is 0 Å². The third-order valence-electron chi connectivity index (χ3n) is 4.08. The summed E-state index contributed by atoms with van der Waals surface area (Å²) in [6.45, 7) is 0. The van der Waals surface area contributed by atoms with Gasteiger partial charge in [-0.1, -0.05) is 19.3 Å². The molecule has 1 saturated carbocycles. The third kappa shape index (κ3) is 2.02. The number of hydrogen-bond donors (Lipinski definition) is 1. The van der Waals surface area contributed by atoms with Crippen LogP contribution in [-0.2, 0) is 22.0 Å². The van der Waals surface area contributed by atoms with Crippen LogP contribution >= 0.6 is 0 Å². The van der Waals surface area contributed by atoms with Crippen LogP contribution in [-0.4, -0.2) is 24.0 Å². The van der Waals surface area contributed by atoms with Crippen molar-refractivity contribution in [2.75, 3.05) is 11.5 Å². The Bertz CT molecular complexity index is 556. The smallest absolute Gasteiger partial charge is 0.155 e. The maximum atomic E-state index is 11.7. The topological polar surface area (TPSA) is 78.0 Å². The van der Waals surface area contributed by atoms with E-state index in [4.69, 9.17) is 5.73 Å². The number of nitrogens with zero attached hydrogens (tertiary/aromatic N) is 2. The molecule has 1 aromatic rings. The SMILES string of the molecule is Nc1nn(C2CCCCC2)c2c1CS(=O)(=O)CC2. The van der Waals surface area contributed by atoms with Crippen molar-refractivity contribution in [3.8, 4) is 0 Å². The van der Waals surface area contributed by atoms with E-state index in [1.54, 1.807) is 0 Å². The van der Waals surface area contributed by atoms with E-state index in [1.807, 2.05) is 4.68 Å². The summed E-state index contributed by atoms with van der Waals surface area (Å²) in [5.41, 5.74) is 7.71. The lowest BCUT2D eigenvalue weighted by molar-refractivity contribution is 0.323. The van der Waals surface area contributed by atoms with Gasteiger partial charge in [0.2, 0.25) is 0 Å². The molecule has 0 bridgehead atoms. The molecule has 1 aliphatic carbocycles. The first kappa shape index (κ1) is 12.0. The quantitative estimate of drug-likeness (QED) is 0.836. The maximum absolute atomic E-state index is 11.7. The largest absolute Gasteiger partial charge is 0.382 e. The van der Waals surface area contributed by atoms with E-state index in [1.165, 1.54) is 19.3 Å². The average molecular weight is 269 g/mol. The van der Waals surface area contributed by atoms with Crippen LogP contribution in [0.2, 0.25) is 0 Å². The minimum Gasteiger partial charge on any atom is -0.382 e. The molecule has 0 radical (unpaired) electrons. The Morgan fingerprint density at radius 1 is 1.22 bits per heavy atom. The van der Waals surface area contributed by atoms with Crippen LogP contribution in [0.5, 0.6) is 0 Å². The predicted octanol–water partition coefficient (Wildman–Crippen LogP) is 1.44. The van der Waals surface area contributed by atoms with Crippen LogP contribution < -0.4 is 5.73 Å². The molecule has 2 aliphatic rings. The van der Waals surface area contributed by atoms with Gasteiger partial charge in [0.15, 0.2) is 9.84 Å². The molecule has 18 heavy (non-hydrogen) atoms. The van der Waals surface area contributed by atoms with Crippen molar-refractivity contribution in [2.45, 2.75) is 50.3 Å². The van der Waals surface area contributed by atoms with Crippen molar-refractivity contribution in [3.05, 3.63) is 11.3 Å². The monoisotopic (exact) mass is 269 g/mol. The third-order valence-corrected chi connectivity index (χ3v) is 5.64. The summed E-state index contributed by atoms with van der Waals surface area (Å²) in [6.07, 6.45) is 6.61. The predicted molar refractivity (Wildman–Crippen MR) is 70.0 cm³/mol. The van der Waals surface area contributed by atoms with Crippen LogP contribution in [0.3, 0.4) is 0 Å². The van der Waals surface area contributed by atoms with Gasteiger partial charge in [-0.25, -0.2) is 8.42 Å². The molecule has 0 spiro atoms. The Kier molecular flexibility index (Phi) is 2.84. The average Bonchev–Trinajstić information content (AvgIpc) is 2.66. The van der Waals surface area contributed by atoms with Gasteiger partial charge < -0.3 is 5.73 Å². The molecule has 1 aliphatic heterocycles. The highest BCUT2D eigenvalue weighted by Gasteiger charge is 2.30. The second-order valence-electron chi connectivity index (χ2n) is 5.39. The fourth-order valence-corrected chi connectivity index (χ4v) is 4.52. The number of fused-ring (bicyclic) bond motifs is 1. The lowest BCUT2D eigenvalue weighted by Gasteiger charge is -2.25. The number of aromatic nitrogens is 2. The molecule has 5 nitrogen and oxygen atoms in total. The summed E-state index contributed by atoms with van der Waals surface area (Å²) in [4.78, 5) is 0. The molecule has 2 heterocycles. The van der Waals surface area contributed by atoms with Crippen LogP contribution in [0.25, 0.3) is 0 Å².